The summed E-state index contributed by atoms with van der Waals surface area (Å²) in [7, 11) is 0. The second-order valence-corrected chi connectivity index (χ2v) is 5.57. The first-order valence-electron chi connectivity index (χ1n) is 6.56. The Morgan fingerprint density at radius 1 is 1.48 bits per heavy atom. The number of alkyl carbamates (subject to hydrolysis) is 1. The van der Waals surface area contributed by atoms with Gasteiger partial charge in [-0.05, 0) is 27.2 Å². The summed E-state index contributed by atoms with van der Waals surface area (Å²) < 4.78 is 5.02. The summed E-state index contributed by atoms with van der Waals surface area (Å²) in [5.41, 5.74) is -1.15. The summed E-state index contributed by atoms with van der Waals surface area (Å²) in [6, 6.07) is 0. The molecule has 0 aliphatic carbocycles. The highest BCUT2D eigenvalue weighted by molar-refractivity contribution is 5.67. The van der Waals surface area contributed by atoms with Crippen molar-refractivity contribution in [3.8, 4) is 0 Å². The van der Waals surface area contributed by atoms with Crippen LogP contribution in [0, 0.1) is 0 Å². The van der Waals surface area contributed by atoms with Crippen molar-refractivity contribution >= 4 is 6.09 Å². The predicted octanol–water partition coefficient (Wildman–Crippen LogP) is 0.0790. The van der Waals surface area contributed by atoms with Gasteiger partial charge in [0.25, 0.3) is 5.56 Å². The van der Waals surface area contributed by atoms with Crippen molar-refractivity contribution in [2.75, 3.05) is 6.54 Å². The summed E-state index contributed by atoms with van der Waals surface area (Å²) in [6.07, 6.45) is -0.742. The van der Waals surface area contributed by atoms with Crippen LogP contribution in [0.3, 0.4) is 0 Å². The van der Waals surface area contributed by atoms with E-state index in [-0.39, 0.29) is 18.5 Å². The number of aliphatic hydroxyl groups excluding tert-OH is 2. The molecular weight excluding hydrogens is 278 g/mol. The zero-order valence-corrected chi connectivity index (χ0v) is 12.3. The minimum Gasteiger partial charge on any atom is -0.444 e. The lowest BCUT2D eigenvalue weighted by Gasteiger charge is -2.21. The van der Waals surface area contributed by atoms with Crippen LogP contribution in [0.5, 0.6) is 0 Å². The molecule has 118 valence electrons. The maximum atomic E-state index is 11.4. The molecule has 1 aromatic heterocycles. The van der Waals surface area contributed by atoms with E-state index in [9.17, 15) is 19.8 Å². The van der Waals surface area contributed by atoms with Crippen molar-refractivity contribution in [1.29, 1.82) is 0 Å². The van der Waals surface area contributed by atoms with E-state index in [0.717, 1.165) is 0 Å². The highest BCUT2D eigenvalue weighted by atomic mass is 16.6. The number of hydrogen-bond acceptors (Lipinski definition) is 6. The summed E-state index contributed by atoms with van der Waals surface area (Å²) in [4.78, 5) is 28.8. The molecule has 0 bridgehead atoms. The molecule has 1 aromatic rings. The van der Waals surface area contributed by atoms with Gasteiger partial charge in [0.1, 0.15) is 11.7 Å². The van der Waals surface area contributed by atoms with Gasteiger partial charge in [0.05, 0.1) is 18.0 Å². The van der Waals surface area contributed by atoms with Gasteiger partial charge in [0.15, 0.2) is 0 Å². The van der Waals surface area contributed by atoms with E-state index < -0.39 is 29.5 Å². The number of carbonyl (C=O) groups excluding carboxylic acids is 1. The van der Waals surface area contributed by atoms with E-state index in [4.69, 9.17) is 4.74 Å². The number of aromatic amines is 1. The maximum absolute atomic E-state index is 11.4. The largest absolute Gasteiger partial charge is 0.444 e. The van der Waals surface area contributed by atoms with Gasteiger partial charge < -0.3 is 25.3 Å². The Hall–Kier alpha value is -1.93. The van der Waals surface area contributed by atoms with Crippen molar-refractivity contribution in [2.45, 2.75) is 45.0 Å². The van der Waals surface area contributed by atoms with E-state index >= 15 is 0 Å². The van der Waals surface area contributed by atoms with Crippen LogP contribution >= 0.6 is 0 Å². The average Bonchev–Trinajstić information content (AvgIpc) is 2.36. The first-order valence-corrected chi connectivity index (χ1v) is 6.56. The minimum atomic E-state index is -1.37. The number of hydrogen-bond donors (Lipinski definition) is 4. The molecule has 8 nitrogen and oxygen atoms in total. The number of carbonyl (C=O) groups is 1. The molecule has 1 amide bonds. The lowest BCUT2D eigenvalue weighted by molar-refractivity contribution is 0.0113. The van der Waals surface area contributed by atoms with Crippen LogP contribution in [0.2, 0.25) is 0 Å². The van der Waals surface area contributed by atoms with Gasteiger partial charge in [0.2, 0.25) is 0 Å². The van der Waals surface area contributed by atoms with Gasteiger partial charge in [-0.3, -0.25) is 4.79 Å². The van der Waals surface area contributed by atoms with E-state index in [1.165, 1.54) is 12.5 Å². The van der Waals surface area contributed by atoms with Gasteiger partial charge in [-0.15, -0.1) is 0 Å². The third-order valence-corrected chi connectivity index (χ3v) is 2.54. The molecule has 2 unspecified atom stereocenters. The Morgan fingerprint density at radius 2 is 2.14 bits per heavy atom. The normalized spacial score (nSPS) is 14.3. The van der Waals surface area contributed by atoms with Crippen LogP contribution in [0.1, 0.15) is 38.9 Å². The second-order valence-electron chi connectivity index (χ2n) is 5.57. The topological polar surface area (TPSA) is 125 Å². The van der Waals surface area contributed by atoms with Crippen LogP contribution in [-0.4, -0.2) is 44.5 Å². The Bertz CT molecular complexity index is 523. The number of H-pyrrole nitrogens is 1. The molecule has 0 saturated heterocycles. The van der Waals surface area contributed by atoms with Crippen molar-refractivity contribution in [2.24, 2.45) is 0 Å². The predicted molar refractivity (Wildman–Crippen MR) is 74.7 cm³/mol. The van der Waals surface area contributed by atoms with Crippen LogP contribution in [0.4, 0.5) is 4.79 Å². The van der Waals surface area contributed by atoms with Crippen molar-refractivity contribution in [3.05, 3.63) is 28.4 Å². The lowest BCUT2D eigenvalue weighted by Crippen LogP contribution is -2.35. The molecule has 4 N–H and O–H groups in total. The highest BCUT2D eigenvalue weighted by Gasteiger charge is 2.22. The van der Waals surface area contributed by atoms with Crippen LogP contribution in [0.25, 0.3) is 0 Å². The Kier molecular flexibility index (Phi) is 5.86. The smallest absolute Gasteiger partial charge is 0.407 e. The van der Waals surface area contributed by atoms with E-state index in [0.29, 0.717) is 0 Å². The summed E-state index contributed by atoms with van der Waals surface area (Å²) in [5.74, 6) is 0. The second kappa shape index (κ2) is 7.19. The fraction of sp³-hybridized carbons (Fsp3) is 0.615. The Balaban J connectivity index is 2.44. The van der Waals surface area contributed by atoms with E-state index in [1.54, 1.807) is 20.8 Å². The van der Waals surface area contributed by atoms with E-state index in [1.807, 2.05) is 0 Å². The first-order chi connectivity index (χ1) is 9.70. The average molecular weight is 299 g/mol. The lowest BCUT2D eigenvalue weighted by atomic mass is 10.1. The molecule has 0 aliphatic rings. The Labute approximate surface area is 122 Å². The van der Waals surface area contributed by atoms with Gasteiger partial charge in [-0.25, -0.2) is 9.78 Å². The van der Waals surface area contributed by atoms with E-state index in [2.05, 4.69) is 15.3 Å². The van der Waals surface area contributed by atoms with Crippen LogP contribution in [-0.2, 0) is 4.74 Å². The number of amides is 1. The van der Waals surface area contributed by atoms with Gasteiger partial charge in [0, 0.05) is 12.7 Å². The number of rotatable bonds is 5. The number of ether oxygens (including phenoxy) is 1. The molecule has 1 heterocycles. The number of aliphatic hydroxyl groups is 2. The molecule has 0 aromatic carbocycles. The fourth-order valence-corrected chi connectivity index (χ4v) is 1.57. The van der Waals surface area contributed by atoms with Gasteiger partial charge >= 0.3 is 6.09 Å². The molecule has 0 saturated carbocycles. The molecule has 0 fully saturated rings. The molecule has 2 atom stereocenters. The van der Waals surface area contributed by atoms with Crippen molar-refractivity contribution in [1.82, 2.24) is 15.3 Å². The molecular formula is C13H21N3O5. The zero-order valence-electron chi connectivity index (χ0n) is 12.3. The minimum absolute atomic E-state index is 0.0257. The van der Waals surface area contributed by atoms with Gasteiger partial charge in [-0.2, -0.15) is 0 Å². The Morgan fingerprint density at radius 3 is 2.71 bits per heavy atom. The molecule has 0 radical (unpaired) electrons. The van der Waals surface area contributed by atoms with Crippen molar-refractivity contribution in [3.63, 3.8) is 0 Å². The molecule has 1 rings (SSSR count). The third kappa shape index (κ3) is 5.92. The van der Waals surface area contributed by atoms with Crippen LogP contribution in [0.15, 0.2) is 17.3 Å². The summed E-state index contributed by atoms with van der Waals surface area (Å²) >= 11 is 0. The van der Waals surface area contributed by atoms with Crippen LogP contribution < -0.4 is 10.9 Å². The standard InChI is InChI=1S/C13H21N3O5/c1-13(2,3)21-12(20)15-5-4-9(17)10(18)8-6-14-7-16-11(8)19/h6-7,9-10,17-18H,4-5H2,1-3H3,(H,15,20)(H,14,16,19). The quantitative estimate of drug-likeness (QED) is 0.610. The van der Waals surface area contributed by atoms with Gasteiger partial charge in [-0.1, -0.05) is 0 Å². The zero-order chi connectivity index (χ0) is 16.0. The SMILES string of the molecule is CC(C)(C)OC(=O)NCCC(O)C(O)c1cnc[nH]c1=O. The highest BCUT2D eigenvalue weighted by Crippen LogP contribution is 2.14. The summed E-state index contributed by atoms with van der Waals surface area (Å²) in [5, 5.41) is 22.1. The monoisotopic (exact) mass is 299 g/mol. The maximum Gasteiger partial charge on any atom is 0.407 e. The van der Waals surface area contributed by atoms with Crippen molar-refractivity contribution < 1.29 is 19.7 Å². The fourth-order valence-electron chi connectivity index (χ4n) is 1.57. The third-order valence-electron chi connectivity index (χ3n) is 2.54. The number of nitrogens with zero attached hydrogens (tertiary/aromatic N) is 1. The number of nitrogens with one attached hydrogen (secondary N) is 2. The molecule has 8 heteroatoms. The number of aromatic nitrogens is 2. The first kappa shape index (κ1) is 17.1. The molecule has 0 aliphatic heterocycles. The molecule has 0 spiro atoms. The molecule has 21 heavy (non-hydrogen) atoms. The summed E-state index contributed by atoms with van der Waals surface area (Å²) in [6.45, 7) is 5.31.